The number of benzene rings is 1. The number of halogens is 1. The third-order valence-electron chi connectivity index (χ3n) is 2.41. The van der Waals surface area contributed by atoms with Gasteiger partial charge in [0.15, 0.2) is 5.78 Å². The van der Waals surface area contributed by atoms with E-state index in [2.05, 4.69) is 0 Å². The number of aryl methyl sites for hydroxylation is 1. The lowest BCUT2D eigenvalue weighted by atomic mass is 10.1. The van der Waals surface area contributed by atoms with Gasteiger partial charge in [0.05, 0.1) is 5.02 Å². The Bertz CT molecular complexity index is 503. The van der Waals surface area contributed by atoms with Gasteiger partial charge in [-0.3, -0.25) is 4.79 Å². The molecule has 16 heavy (non-hydrogen) atoms. The molecule has 0 bridgehead atoms. The molecule has 3 heteroatoms. The Morgan fingerprint density at radius 1 is 1.31 bits per heavy atom. The zero-order valence-corrected chi connectivity index (χ0v) is 10.4. The minimum atomic E-state index is 0.0798. The minimum Gasteiger partial charge on any atom is -0.294 e. The Morgan fingerprint density at radius 2 is 2.12 bits per heavy atom. The molecule has 1 nitrogen and oxygen atoms in total. The average Bonchev–Trinajstić information content (AvgIpc) is 2.74. The molecule has 82 valence electrons. The molecule has 0 aliphatic heterocycles. The van der Waals surface area contributed by atoms with Crippen LogP contribution in [-0.4, -0.2) is 5.78 Å². The van der Waals surface area contributed by atoms with Gasteiger partial charge in [-0.25, -0.2) is 0 Å². The van der Waals surface area contributed by atoms with Gasteiger partial charge in [-0.1, -0.05) is 29.8 Å². The lowest BCUT2D eigenvalue weighted by molar-refractivity contribution is 0.0994. The quantitative estimate of drug-likeness (QED) is 0.749. The third kappa shape index (κ3) is 2.34. The van der Waals surface area contributed by atoms with E-state index in [0.29, 0.717) is 17.0 Å². The fourth-order valence-electron chi connectivity index (χ4n) is 1.53. The molecule has 0 amide bonds. The van der Waals surface area contributed by atoms with Crippen LogP contribution in [0.5, 0.6) is 0 Å². The summed E-state index contributed by atoms with van der Waals surface area (Å²) in [5.74, 6) is 0.0798. The highest BCUT2D eigenvalue weighted by atomic mass is 35.5. The van der Waals surface area contributed by atoms with Gasteiger partial charge in [-0.15, -0.1) is 11.3 Å². The first-order valence-electron chi connectivity index (χ1n) is 4.99. The molecule has 2 rings (SSSR count). The molecule has 0 saturated heterocycles. The number of thiophene rings is 1. The monoisotopic (exact) mass is 250 g/mol. The Labute approximate surface area is 104 Å². The Morgan fingerprint density at radius 3 is 2.81 bits per heavy atom. The van der Waals surface area contributed by atoms with Crippen LogP contribution in [0.2, 0.25) is 5.02 Å². The van der Waals surface area contributed by atoms with Crippen molar-refractivity contribution in [3.63, 3.8) is 0 Å². The molecule has 0 aliphatic rings. The Hall–Kier alpha value is -1.12. The first-order valence-corrected chi connectivity index (χ1v) is 6.25. The Balaban J connectivity index is 2.24. The number of carbonyl (C=O) groups excluding carboxylic acids is 1. The lowest BCUT2D eigenvalue weighted by Gasteiger charge is -2.04. The zero-order valence-electron chi connectivity index (χ0n) is 8.87. The van der Waals surface area contributed by atoms with Crippen LogP contribution in [0, 0.1) is 6.92 Å². The highest BCUT2D eigenvalue weighted by Gasteiger charge is 2.12. The van der Waals surface area contributed by atoms with Crippen molar-refractivity contribution in [3.8, 4) is 0 Å². The van der Waals surface area contributed by atoms with Gasteiger partial charge in [0.1, 0.15) is 0 Å². The van der Waals surface area contributed by atoms with E-state index in [1.165, 1.54) is 0 Å². The van der Waals surface area contributed by atoms with E-state index in [0.717, 1.165) is 10.4 Å². The van der Waals surface area contributed by atoms with E-state index in [9.17, 15) is 4.79 Å². The van der Waals surface area contributed by atoms with Crippen LogP contribution >= 0.6 is 22.9 Å². The van der Waals surface area contributed by atoms with E-state index in [1.807, 2.05) is 36.6 Å². The maximum absolute atomic E-state index is 12.0. The van der Waals surface area contributed by atoms with Gasteiger partial charge >= 0.3 is 0 Å². The summed E-state index contributed by atoms with van der Waals surface area (Å²) >= 11 is 7.70. The second-order valence-electron chi connectivity index (χ2n) is 3.62. The van der Waals surface area contributed by atoms with Crippen LogP contribution < -0.4 is 0 Å². The van der Waals surface area contributed by atoms with Crippen LogP contribution in [0.1, 0.15) is 20.8 Å². The number of hydrogen-bond donors (Lipinski definition) is 0. The molecule has 0 aliphatic carbocycles. The van der Waals surface area contributed by atoms with E-state index >= 15 is 0 Å². The molecule has 1 heterocycles. The molecular formula is C13H11ClOS. The minimum absolute atomic E-state index is 0.0798. The second-order valence-corrected chi connectivity index (χ2v) is 5.03. The summed E-state index contributed by atoms with van der Waals surface area (Å²) in [7, 11) is 0. The molecule has 0 unspecified atom stereocenters. The first kappa shape index (κ1) is 11.4. The SMILES string of the molecule is Cc1cccc(C(=O)Cc2cccs2)c1Cl. The molecule has 0 fully saturated rings. The van der Waals surface area contributed by atoms with Gasteiger partial charge in [0.25, 0.3) is 0 Å². The fourth-order valence-corrected chi connectivity index (χ4v) is 2.46. The van der Waals surface area contributed by atoms with Crippen LogP contribution in [0.25, 0.3) is 0 Å². The molecule has 0 saturated carbocycles. The number of carbonyl (C=O) groups is 1. The van der Waals surface area contributed by atoms with Crippen molar-refractivity contribution in [2.24, 2.45) is 0 Å². The van der Waals surface area contributed by atoms with Gasteiger partial charge < -0.3 is 0 Å². The largest absolute Gasteiger partial charge is 0.294 e. The second kappa shape index (κ2) is 4.81. The summed E-state index contributed by atoms with van der Waals surface area (Å²) in [6, 6.07) is 9.47. The van der Waals surface area contributed by atoms with Crippen molar-refractivity contribution in [3.05, 3.63) is 56.7 Å². The van der Waals surface area contributed by atoms with Crippen LogP contribution in [0.4, 0.5) is 0 Å². The summed E-state index contributed by atoms with van der Waals surface area (Å²) in [6.45, 7) is 1.91. The average molecular weight is 251 g/mol. The smallest absolute Gasteiger partial charge is 0.169 e. The van der Waals surface area contributed by atoms with Gasteiger partial charge in [-0.05, 0) is 30.0 Å². The maximum atomic E-state index is 12.0. The Kier molecular flexibility index (Phi) is 3.42. The van der Waals surface area contributed by atoms with E-state index in [1.54, 1.807) is 17.4 Å². The predicted octanol–water partition coefficient (Wildman–Crippen LogP) is 4.14. The third-order valence-corrected chi connectivity index (χ3v) is 3.79. The van der Waals surface area contributed by atoms with Gasteiger partial charge in [0.2, 0.25) is 0 Å². The fraction of sp³-hybridized carbons (Fsp3) is 0.154. The predicted molar refractivity (Wildman–Crippen MR) is 68.5 cm³/mol. The van der Waals surface area contributed by atoms with Crippen molar-refractivity contribution in [2.75, 3.05) is 0 Å². The molecule has 0 radical (unpaired) electrons. The highest BCUT2D eigenvalue weighted by Crippen LogP contribution is 2.22. The normalized spacial score (nSPS) is 10.4. The van der Waals surface area contributed by atoms with Crippen LogP contribution in [0.3, 0.4) is 0 Å². The highest BCUT2D eigenvalue weighted by molar-refractivity contribution is 7.10. The standard InChI is InChI=1S/C13H11ClOS/c1-9-4-2-6-11(13(9)14)12(15)8-10-5-3-7-16-10/h2-7H,8H2,1H3. The van der Waals surface area contributed by atoms with Gasteiger partial charge in [-0.2, -0.15) is 0 Å². The summed E-state index contributed by atoms with van der Waals surface area (Å²) in [6.07, 6.45) is 0.431. The number of rotatable bonds is 3. The lowest BCUT2D eigenvalue weighted by Crippen LogP contribution is -2.03. The van der Waals surface area contributed by atoms with Crippen LogP contribution in [-0.2, 0) is 6.42 Å². The van der Waals surface area contributed by atoms with E-state index < -0.39 is 0 Å². The van der Waals surface area contributed by atoms with Crippen molar-refractivity contribution in [1.29, 1.82) is 0 Å². The number of hydrogen-bond acceptors (Lipinski definition) is 2. The van der Waals surface area contributed by atoms with Crippen molar-refractivity contribution in [1.82, 2.24) is 0 Å². The molecule has 1 aromatic heterocycles. The topological polar surface area (TPSA) is 17.1 Å². The molecule has 0 atom stereocenters. The zero-order chi connectivity index (χ0) is 11.5. The summed E-state index contributed by atoms with van der Waals surface area (Å²) in [4.78, 5) is 13.1. The van der Waals surface area contributed by atoms with E-state index in [-0.39, 0.29) is 5.78 Å². The molecule has 0 N–H and O–H groups in total. The summed E-state index contributed by atoms with van der Waals surface area (Å²) in [5, 5.41) is 2.55. The molecular weight excluding hydrogens is 240 g/mol. The molecule has 2 aromatic rings. The van der Waals surface area contributed by atoms with Crippen molar-refractivity contribution in [2.45, 2.75) is 13.3 Å². The van der Waals surface area contributed by atoms with E-state index in [4.69, 9.17) is 11.6 Å². The first-order chi connectivity index (χ1) is 7.68. The van der Waals surface area contributed by atoms with Crippen LogP contribution in [0.15, 0.2) is 35.7 Å². The summed E-state index contributed by atoms with van der Waals surface area (Å²) in [5.41, 5.74) is 1.56. The van der Waals surface area contributed by atoms with Crippen molar-refractivity contribution < 1.29 is 4.79 Å². The van der Waals surface area contributed by atoms with Gasteiger partial charge in [0, 0.05) is 16.9 Å². The summed E-state index contributed by atoms with van der Waals surface area (Å²) < 4.78 is 0. The maximum Gasteiger partial charge on any atom is 0.169 e. The van der Waals surface area contributed by atoms with Crippen molar-refractivity contribution >= 4 is 28.7 Å². The molecule has 0 spiro atoms. The molecule has 1 aromatic carbocycles. The number of ketones is 1. The number of Topliss-reactive ketones (excluding diaryl/α,β-unsaturated/α-hetero) is 1.